The maximum absolute atomic E-state index is 10.7. The van der Waals surface area contributed by atoms with Crippen molar-refractivity contribution in [2.75, 3.05) is 27.2 Å². The minimum absolute atomic E-state index is 0.156. The molecule has 0 aliphatic heterocycles. The molecule has 100 valence electrons. The lowest BCUT2D eigenvalue weighted by Gasteiger charge is -2.24. The summed E-state index contributed by atoms with van der Waals surface area (Å²) < 4.78 is 0. The molecule has 1 atom stereocenters. The predicted octanol–water partition coefficient (Wildman–Crippen LogP) is 2.20. The van der Waals surface area contributed by atoms with Crippen molar-refractivity contribution in [3.63, 3.8) is 0 Å². The molecule has 0 spiro atoms. The number of non-ortho nitro benzene ring substituents is 1. The van der Waals surface area contributed by atoms with E-state index >= 15 is 0 Å². The fourth-order valence-corrected chi connectivity index (χ4v) is 1.85. The lowest BCUT2D eigenvalue weighted by Crippen LogP contribution is -2.25. The first-order chi connectivity index (χ1) is 8.56. The number of nitrogens with zero attached hydrogens (tertiary/aromatic N) is 2. The van der Waals surface area contributed by atoms with Crippen LogP contribution in [0.25, 0.3) is 0 Å². The average Bonchev–Trinajstić information content (AvgIpc) is 2.38. The molecule has 0 saturated heterocycles. The molecule has 1 aromatic rings. The van der Waals surface area contributed by atoms with Crippen molar-refractivity contribution in [1.82, 2.24) is 10.2 Å². The van der Waals surface area contributed by atoms with Crippen LogP contribution in [-0.2, 0) is 0 Å². The molecule has 0 aliphatic carbocycles. The average molecular weight is 251 g/mol. The van der Waals surface area contributed by atoms with Crippen LogP contribution in [-0.4, -0.2) is 37.0 Å². The van der Waals surface area contributed by atoms with Gasteiger partial charge in [-0.1, -0.05) is 12.1 Å². The van der Waals surface area contributed by atoms with E-state index in [4.69, 9.17) is 0 Å². The zero-order chi connectivity index (χ0) is 13.5. The van der Waals surface area contributed by atoms with Gasteiger partial charge in [-0.15, -0.1) is 0 Å². The second kappa shape index (κ2) is 7.08. The van der Waals surface area contributed by atoms with Gasteiger partial charge in [-0.05, 0) is 46.1 Å². The predicted molar refractivity (Wildman–Crippen MR) is 72.7 cm³/mol. The van der Waals surface area contributed by atoms with Crippen LogP contribution >= 0.6 is 0 Å². The van der Waals surface area contributed by atoms with Gasteiger partial charge in [-0.2, -0.15) is 0 Å². The van der Waals surface area contributed by atoms with E-state index in [-0.39, 0.29) is 16.7 Å². The smallest absolute Gasteiger partial charge is 0.269 e. The van der Waals surface area contributed by atoms with Crippen molar-refractivity contribution < 1.29 is 4.92 Å². The first-order valence-corrected chi connectivity index (χ1v) is 6.15. The van der Waals surface area contributed by atoms with Crippen LogP contribution in [0.4, 0.5) is 5.69 Å². The van der Waals surface area contributed by atoms with Gasteiger partial charge < -0.3 is 5.32 Å². The summed E-state index contributed by atoms with van der Waals surface area (Å²) in [6.45, 7) is 4.01. The number of hydrogen-bond donors (Lipinski definition) is 1. The summed E-state index contributed by atoms with van der Waals surface area (Å²) in [6.07, 6.45) is 1.06. The first-order valence-electron chi connectivity index (χ1n) is 6.15. The molecule has 0 heterocycles. The van der Waals surface area contributed by atoms with E-state index in [0.717, 1.165) is 25.1 Å². The molecule has 1 rings (SSSR count). The summed E-state index contributed by atoms with van der Waals surface area (Å²) in [4.78, 5) is 12.6. The fraction of sp³-hybridized carbons (Fsp3) is 0.538. The minimum Gasteiger partial charge on any atom is -0.320 e. The molecule has 5 nitrogen and oxygen atoms in total. The Balaban J connectivity index is 2.67. The van der Waals surface area contributed by atoms with Gasteiger partial charge in [0.05, 0.1) is 4.92 Å². The fourth-order valence-electron chi connectivity index (χ4n) is 1.85. The molecule has 1 unspecified atom stereocenters. The lowest BCUT2D eigenvalue weighted by atomic mass is 10.1. The quantitative estimate of drug-likeness (QED) is 0.458. The van der Waals surface area contributed by atoms with Crippen molar-refractivity contribution in [3.05, 3.63) is 39.9 Å². The van der Waals surface area contributed by atoms with Gasteiger partial charge in [0.25, 0.3) is 5.69 Å². The van der Waals surface area contributed by atoms with Crippen molar-refractivity contribution in [2.45, 2.75) is 19.4 Å². The third-order valence-electron chi connectivity index (χ3n) is 3.16. The van der Waals surface area contributed by atoms with Crippen molar-refractivity contribution in [1.29, 1.82) is 0 Å². The number of nitro benzene ring substituents is 1. The normalized spacial score (nSPS) is 12.7. The Morgan fingerprint density at radius 2 is 2.22 bits per heavy atom. The van der Waals surface area contributed by atoms with Gasteiger partial charge in [0.1, 0.15) is 0 Å². The summed E-state index contributed by atoms with van der Waals surface area (Å²) in [6, 6.07) is 7.04. The van der Waals surface area contributed by atoms with Crippen LogP contribution in [0, 0.1) is 10.1 Å². The molecule has 0 amide bonds. The van der Waals surface area contributed by atoms with Crippen LogP contribution in [0.3, 0.4) is 0 Å². The molecule has 0 fully saturated rings. The third kappa shape index (κ3) is 4.09. The monoisotopic (exact) mass is 251 g/mol. The van der Waals surface area contributed by atoms with Gasteiger partial charge >= 0.3 is 0 Å². The van der Waals surface area contributed by atoms with Crippen LogP contribution in [0.2, 0.25) is 0 Å². The van der Waals surface area contributed by atoms with Crippen molar-refractivity contribution >= 4 is 5.69 Å². The molecule has 0 aliphatic rings. The van der Waals surface area contributed by atoms with E-state index in [1.54, 1.807) is 12.1 Å². The lowest BCUT2D eigenvalue weighted by molar-refractivity contribution is -0.384. The topological polar surface area (TPSA) is 58.4 Å². The highest BCUT2D eigenvalue weighted by Crippen LogP contribution is 2.22. The Morgan fingerprint density at radius 3 is 2.83 bits per heavy atom. The summed E-state index contributed by atoms with van der Waals surface area (Å²) in [5, 5.41) is 13.9. The Kier molecular flexibility index (Phi) is 5.74. The number of rotatable bonds is 7. The van der Waals surface area contributed by atoms with Crippen LogP contribution in [0.5, 0.6) is 0 Å². The van der Waals surface area contributed by atoms with Gasteiger partial charge in [-0.25, -0.2) is 0 Å². The molecule has 1 N–H and O–H groups in total. The molecule has 18 heavy (non-hydrogen) atoms. The highest BCUT2D eigenvalue weighted by atomic mass is 16.6. The van der Waals surface area contributed by atoms with Gasteiger partial charge in [0.15, 0.2) is 0 Å². The van der Waals surface area contributed by atoms with Gasteiger partial charge in [0.2, 0.25) is 0 Å². The van der Waals surface area contributed by atoms with E-state index < -0.39 is 0 Å². The zero-order valence-corrected chi connectivity index (χ0v) is 11.2. The Bertz CT molecular complexity index is 396. The molecule has 0 saturated carbocycles. The molecule has 1 aromatic carbocycles. The second-order valence-electron chi connectivity index (χ2n) is 4.47. The van der Waals surface area contributed by atoms with Crippen LogP contribution < -0.4 is 5.32 Å². The standard InChI is InChI=1S/C13H21N3O2/c1-11(15(3)9-5-8-14-2)12-6-4-7-13(10-12)16(17)18/h4,6-7,10-11,14H,5,8-9H2,1-3H3. The molecule has 0 radical (unpaired) electrons. The Hall–Kier alpha value is -1.46. The first kappa shape index (κ1) is 14.6. The van der Waals surface area contributed by atoms with Crippen molar-refractivity contribution in [3.8, 4) is 0 Å². The number of nitro groups is 1. The van der Waals surface area contributed by atoms with Crippen molar-refractivity contribution in [2.24, 2.45) is 0 Å². The molecule has 5 heteroatoms. The highest BCUT2D eigenvalue weighted by Gasteiger charge is 2.14. The van der Waals surface area contributed by atoms with E-state index in [1.807, 2.05) is 20.2 Å². The van der Waals surface area contributed by atoms with Gasteiger partial charge in [0, 0.05) is 18.2 Å². The summed E-state index contributed by atoms with van der Waals surface area (Å²) in [5.41, 5.74) is 1.14. The van der Waals surface area contributed by atoms with Crippen LogP contribution in [0.15, 0.2) is 24.3 Å². The Morgan fingerprint density at radius 1 is 1.50 bits per heavy atom. The maximum atomic E-state index is 10.7. The number of hydrogen-bond acceptors (Lipinski definition) is 4. The van der Waals surface area contributed by atoms with E-state index in [0.29, 0.717) is 0 Å². The Labute approximate surface area is 108 Å². The molecular weight excluding hydrogens is 230 g/mol. The second-order valence-corrected chi connectivity index (χ2v) is 4.47. The van der Waals surface area contributed by atoms with Gasteiger partial charge in [-0.3, -0.25) is 15.0 Å². The minimum atomic E-state index is -0.350. The maximum Gasteiger partial charge on any atom is 0.269 e. The summed E-state index contributed by atoms with van der Waals surface area (Å²) >= 11 is 0. The van der Waals surface area contributed by atoms with E-state index in [1.165, 1.54) is 6.07 Å². The molecule has 0 aromatic heterocycles. The number of nitrogens with one attached hydrogen (secondary N) is 1. The summed E-state index contributed by atoms with van der Waals surface area (Å²) in [5.74, 6) is 0. The molecular formula is C13H21N3O2. The van der Waals surface area contributed by atoms with E-state index in [2.05, 4.69) is 17.1 Å². The highest BCUT2D eigenvalue weighted by molar-refractivity contribution is 5.35. The van der Waals surface area contributed by atoms with E-state index in [9.17, 15) is 10.1 Å². The van der Waals surface area contributed by atoms with Crippen LogP contribution in [0.1, 0.15) is 24.9 Å². The SMILES string of the molecule is CNCCCN(C)C(C)c1cccc([N+](=O)[O-])c1. The molecule has 0 bridgehead atoms. The summed E-state index contributed by atoms with van der Waals surface area (Å²) in [7, 11) is 3.98. The largest absolute Gasteiger partial charge is 0.320 e. The number of benzene rings is 1. The third-order valence-corrected chi connectivity index (χ3v) is 3.16. The zero-order valence-electron chi connectivity index (χ0n) is 11.2.